The zero-order chi connectivity index (χ0) is 7.84. The van der Waals surface area contributed by atoms with Crippen LogP contribution in [0.15, 0.2) is 0 Å². The summed E-state index contributed by atoms with van der Waals surface area (Å²) in [5.41, 5.74) is 0. The van der Waals surface area contributed by atoms with Gasteiger partial charge >= 0.3 is 0 Å². The highest BCUT2D eigenvalue weighted by atomic mass is 35.5. The second-order valence-corrected chi connectivity index (χ2v) is 3.12. The molecule has 0 N–H and O–H groups in total. The van der Waals surface area contributed by atoms with Gasteiger partial charge in [-0.2, -0.15) is 0 Å². The molecule has 0 spiro atoms. The van der Waals surface area contributed by atoms with E-state index in [2.05, 4.69) is 15.0 Å². The van der Waals surface area contributed by atoms with Crippen LogP contribution in [0.3, 0.4) is 0 Å². The van der Waals surface area contributed by atoms with Gasteiger partial charge in [-0.25, -0.2) is 15.0 Å². The van der Waals surface area contributed by atoms with Gasteiger partial charge in [0.15, 0.2) is 0 Å². The molecule has 58 valence electrons. The summed E-state index contributed by atoms with van der Waals surface area (Å²) in [6, 6.07) is 0. The lowest BCUT2D eigenvalue weighted by atomic mass is 10.4. The van der Waals surface area contributed by atoms with Gasteiger partial charge < -0.3 is 0 Å². The number of aromatic nitrogens is 3. The third-order valence-corrected chi connectivity index (χ3v) is 1.85. The van der Waals surface area contributed by atoms with Crippen molar-refractivity contribution in [1.29, 1.82) is 0 Å². The SMILES string of the molecule is Cc1nc(Cl)nc(C2CC2)n1. The highest BCUT2D eigenvalue weighted by molar-refractivity contribution is 6.28. The van der Waals surface area contributed by atoms with Crippen LogP contribution in [0.2, 0.25) is 5.28 Å². The predicted octanol–water partition coefficient (Wildman–Crippen LogP) is 1.71. The molecule has 0 unspecified atom stereocenters. The Labute approximate surface area is 69.8 Å². The maximum Gasteiger partial charge on any atom is 0.225 e. The van der Waals surface area contributed by atoms with Crippen LogP contribution in [-0.2, 0) is 0 Å². The molecule has 1 aliphatic carbocycles. The smallest absolute Gasteiger partial charge is 0.218 e. The van der Waals surface area contributed by atoms with Gasteiger partial charge in [0.25, 0.3) is 0 Å². The number of rotatable bonds is 1. The number of halogens is 1. The van der Waals surface area contributed by atoms with Crippen LogP contribution in [0.5, 0.6) is 0 Å². The minimum Gasteiger partial charge on any atom is -0.218 e. The van der Waals surface area contributed by atoms with Gasteiger partial charge in [-0.05, 0) is 31.4 Å². The molecule has 1 aromatic heterocycles. The van der Waals surface area contributed by atoms with Gasteiger partial charge in [-0.3, -0.25) is 0 Å². The molecule has 0 atom stereocenters. The molecule has 3 nitrogen and oxygen atoms in total. The maximum atomic E-state index is 5.66. The van der Waals surface area contributed by atoms with Gasteiger partial charge in [0.1, 0.15) is 11.6 Å². The van der Waals surface area contributed by atoms with Crippen LogP contribution in [0.25, 0.3) is 0 Å². The highest BCUT2D eigenvalue weighted by Crippen LogP contribution is 2.37. The van der Waals surface area contributed by atoms with Crippen molar-refractivity contribution in [3.8, 4) is 0 Å². The van der Waals surface area contributed by atoms with E-state index in [4.69, 9.17) is 11.6 Å². The van der Waals surface area contributed by atoms with Crippen molar-refractivity contribution in [3.63, 3.8) is 0 Å². The van der Waals surface area contributed by atoms with Crippen molar-refractivity contribution >= 4 is 11.6 Å². The number of hydrogen-bond donors (Lipinski definition) is 0. The van der Waals surface area contributed by atoms with E-state index in [0.29, 0.717) is 17.0 Å². The van der Waals surface area contributed by atoms with Crippen LogP contribution >= 0.6 is 11.6 Å². The van der Waals surface area contributed by atoms with E-state index in [0.717, 1.165) is 5.82 Å². The molecule has 4 heteroatoms. The van der Waals surface area contributed by atoms with E-state index >= 15 is 0 Å². The van der Waals surface area contributed by atoms with Gasteiger partial charge in [0.2, 0.25) is 5.28 Å². The molecular weight excluding hydrogens is 162 g/mol. The summed E-state index contributed by atoms with van der Waals surface area (Å²) in [6.45, 7) is 1.83. The van der Waals surface area contributed by atoms with Crippen LogP contribution < -0.4 is 0 Å². The summed E-state index contributed by atoms with van der Waals surface area (Å²) in [6.07, 6.45) is 2.39. The molecule has 0 aliphatic heterocycles. The fourth-order valence-corrected chi connectivity index (χ4v) is 1.20. The van der Waals surface area contributed by atoms with Gasteiger partial charge in [-0.1, -0.05) is 0 Å². The summed E-state index contributed by atoms with van der Waals surface area (Å²) in [7, 11) is 0. The molecule has 1 aromatic rings. The topological polar surface area (TPSA) is 38.7 Å². The summed E-state index contributed by atoms with van der Waals surface area (Å²) < 4.78 is 0. The molecule has 1 fully saturated rings. The average molecular weight is 170 g/mol. The number of nitrogens with zero attached hydrogens (tertiary/aromatic N) is 3. The molecule has 0 amide bonds. The third kappa shape index (κ3) is 1.48. The Morgan fingerprint density at radius 1 is 1.27 bits per heavy atom. The first-order chi connectivity index (χ1) is 5.25. The fourth-order valence-electron chi connectivity index (χ4n) is 0.993. The van der Waals surface area contributed by atoms with E-state index in [1.165, 1.54) is 12.8 Å². The minimum atomic E-state index is 0.319. The lowest BCUT2D eigenvalue weighted by molar-refractivity contribution is 0.854. The minimum absolute atomic E-state index is 0.319. The Bertz CT molecular complexity index is 263. The Morgan fingerprint density at radius 3 is 2.55 bits per heavy atom. The van der Waals surface area contributed by atoms with Gasteiger partial charge in [0.05, 0.1) is 0 Å². The van der Waals surface area contributed by atoms with Crippen molar-refractivity contribution in [2.75, 3.05) is 0 Å². The monoisotopic (exact) mass is 169 g/mol. The average Bonchev–Trinajstić information content (AvgIpc) is 2.64. The first-order valence-electron chi connectivity index (χ1n) is 3.64. The molecular formula is C7H8ClN3. The third-order valence-electron chi connectivity index (χ3n) is 1.68. The first-order valence-corrected chi connectivity index (χ1v) is 4.01. The zero-order valence-corrected chi connectivity index (χ0v) is 6.97. The Balaban J connectivity index is 2.39. The van der Waals surface area contributed by atoms with Gasteiger partial charge in [0, 0.05) is 5.92 Å². The first kappa shape index (κ1) is 6.98. The quantitative estimate of drug-likeness (QED) is 0.643. The number of aryl methyl sites for hydroxylation is 1. The van der Waals surface area contributed by atoms with E-state index in [9.17, 15) is 0 Å². The van der Waals surface area contributed by atoms with Crippen LogP contribution in [0.1, 0.15) is 30.4 Å². The molecule has 1 aliphatic rings. The normalized spacial score (nSPS) is 16.9. The molecule has 0 bridgehead atoms. The van der Waals surface area contributed by atoms with Crippen molar-refractivity contribution in [1.82, 2.24) is 15.0 Å². The molecule has 2 rings (SSSR count). The van der Waals surface area contributed by atoms with Crippen molar-refractivity contribution in [2.45, 2.75) is 25.7 Å². The van der Waals surface area contributed by atoms with Crippen LogP contribution in [0.4, 0.5) is 0 Å². The molecule has 0 radical (unpaired) electrons. The largest absolute Gasteiger partial charge is 0.225 e. The van der Waals surface area contributed by atoms with Crippen LogP contribution in [0, 0.1) is 6.92 Å². The predicted molar refractivity (Wildman–Crippen MR) is 41.5 cm³/mol. The van der Waals surface area contributed by atoms with E-state index < -0.39 is 0 Å². The molecule has 0 saturated heterocycles. The highest BCUT2D eigenvalue weighted by Gasteiger charge is 2.27. The lowest BCUT2D eigenvalue weighted by Gasteiger charge is -1.97. The van der Waals surface area contributed by atoms with E-state index in [-0.39, 0.29) is 0 Å². The van der Waals surface area contributed by atoms with Crippen molar-refractivity contribution in [3.05, 3.63) is 16.9 Å². The molecule has 1 heterocycles. The summed E-state index contributed by atoms with van der Waals surface area (Å²) in [5, 5.41) is 0.319. The molecule has 0 aromatic carbocycles. The zero-order valence-electron chi connectivity index (χ0n) is 6.21. The standard InChI is InChI=1S/C7H8ClN3/c1-4-9-6(5-2-3-5)11-7(8)10-4/h5H,2-3H2,1H3. The maximum absolute atomic E-state index is 5.66. The van der Waals surface area contributed by atoms with Crippen LogP contribution in [-0.4, -0.2) is 15.0 Å². The summed E-state index contributed by atoms with van der Waals surface area (Å²) >= 11 is 5.66. The summed E-state index contributed by atoms with van der Waals surface area (Å²) in [4.78, 5) is 12.1. The van der Waals surface area contributed by atoms with Crippen molar-refractivity contribution in [2.24, 2.45) is 0 Å². The van der Waals surface area contributed by atoms with E-state index in [1.54, 1.807) is 0 Å². The Hall–Kier alpha value is -0.700. The van der Waals surface area contributed by atoms with Gasteiger partial charge in [-0.15, -0.1) is 0 Å². The lowest BCUT2D eigenvalue weighted by Crippen LogP contribution is -1.98. The van der Waals surface area contributed by atoms with E-state index in [1.807, 2.05) is 6.92 Å². The Morgan fingerprint density at radius 2 is 2.00 bits per heavy atom. The van der Waals surface area contributed by atoms with Crippen molar-refractivity contribution < 1.29 is 0 Å². The number of hydrogen-bond acceptors (Lipinski definition) is 3. The summed E-state index contributed by atoms with van der Waals surface area (Å²) in [5.74, 6) is 2.13. The Kier molecular flexibility index (Phi) is 1.53. The second kappa shape index (κ2) is 2.41. The fraction of sp³-hybridized carbons (Fsp3) is 0.571. The molecule has 11 heavy (non-hydrogen) atoms. The molecule has 1 saturated carbocycles. The second-order valence-electron chi connectivity index (χ2n) is 2.78.